The molecule has 3 nitrogen and oxygen atoms in total. The number of nitrogens with zero attached hydrogens (tertiary/aromatic N) is 3. The molecular weight excluding hydrogens is 583 g/mol. The summed E-state index contributed by atoms with van der Waals surface area (Å²) in [5, 5.41) is 4.84. The first-order chi connectivity index (χ1) is 26.3. The Bertz CT molecular complexity index is 2950. The summed E-state index contributed by atoms with van der Waals surface area (Å²) in [5.41, 5.74) is 3.88. The van der Waals surface area contributed by atoms with Gasteiger partial charge in [0.1, 0.15) is 0 Å². The monoisotopic (exact) mass is 617 g/mol. The first kappa shape index (κ1) is 22.1. The number of hydrogen-bond donors (Lipinski definition) is 0. The van der Waals surface area contributed by atoms with Crippen molar-refractivity contribution in [1.29, 1.82) is 0 Å². The van der Waals surface area contributed by atoms with Gasteiger partial charge in [-0.15, -0.1) is 0 Å². The molecule has 1 heterocycles. The van der Waals surface area contributed by atoms with Crippen LogP contribution >= 0.6 is 0 Å². The Morgan fingerprint density at radius 3 is 1.54 bits per heavy atom. The van der Waals surface area contributed by atoms with Gasteiger partial charge in [-0.05, 0) is 66.7 Å². The van der Waals surface area contributed by atoms with E-state index in [0.717, 1.165) is 32.7 Å². The largest absolute Gasteiger partial charge is 0.208 e. The molecule has 9 rings (SSSR count). The second-order valence-corrected chi connectivity index (χ2v) is 11.6. The molecule has 0 saturated carbocycles. The van der Waals surface area contributed by atoms with Gasteiger partial charge >= 0.3 is 0 Å². The Hall–Kier alpha value is -6.45. The van der Waals surface area contributed by atoms with E-state index in [1.54, 1.807) is 30.3 Å². The maximum absolute atomic E-state index is 9.31. The van der Waals surface area contributed by atoms with Crippen LogP contribution in [0.2, 0.25) is 0 Å². The molecule has 3 heteroatoms. The maximum atomic E-state index is 9.31. The molecular formula is C45H29N3. The second kappa shape index (κ2) is 11.7. The molecule has 0 bridgehead atoms. The van der Waals surface area contributed by atoms with E-state index >= 15 is 0 Å². The molecule has 0 atom stereocenters. The summed E-state index contributed by atoms with van der Waals surface area (Å²) in [4.78, 5) is 14.9. The van der Waals surface area contributed by atoms with Crippen molar-refractivity contribution in [2.45, 2.75) is 0 Å². The number of fused-ring (bicyclic) bond motifs is 4. The van der Waals surface area contributed by atoms with E-state index in [1.807, 2.05) is 72.8 Å². The number of hydrogen-bond acceptors (Lipinski definition) is 3. The first-order valence-electron chi connectivity index (χ1n) is 18.7. The van der Waals surface area contributed by atoms with Crippen molar-refractivity contribution < 1.29 is 8.22 Å². The average Bonchev–Trinajstić information content (AvgIpc) is 3.23. The van der Waals surface area contributed by atoms with Gasteiger partial charge in [0.25, 0.3) is 0 Å². The zero-order chi connectivity index (χ0) is 37.1. The summed E-state index contributed by atoms with van der Waals surface area (Å²) in [6.07, 6.45) is 0. The molecule has 224 valence electrons. The lowest BCUT2D eigenvalue weighted by Crippen LogP contribution is -2.00. The topological polar surface area (TPSA) is 38.7 Å². The zero-order valence-corrected chi connectivity index (χ0v) is 25.6. The van der Waals surface area contributed by atoms with E-state index in [4.69, 9.17) is 20.4 Å². The predicted octanol–water partition coefficient (Wildman–Crippen LogP) is 11.7. The number of rotatable bonds is 5. The van der Waals surface area contributed by atoms with Crippen LogP contribution in [0, 0.1) is 0 Å². The molecule has 0 aliphatic carbocycles. The van der Waals surface area contributed by atoms with Crippen LogP contribution < -0.4 is 0 Å². The van der Waals surface area contributed by atoms with Crippen LogP contribution in [0.5, 0.6) is 0 Å². The fraction of sp³-hybridized carbons (Fsp3) is 0. The lowest BCUT2D eigenvalue weighted by atomic mass is 9.91. The number of aromatic nitrogens is 3. The predicted molar refractivity (Wildman–Crippen MR) is 200 cm³/mol. The summed E-state index contributed by atoms with van der Waals surface area (Å²) in [6, 6.07) is 43.1. The molecule has 0 radical (unpaired) electrons. The quantitative estimate of drug-likeness (QED) is 0.180. The fourth-order valence-corrected chi connectivity index (χ4v) is 6.28. The molecule has 0 saturated heterocycles. The molecule has 0 N–H and O–H groups in total. The van der Waals surface area contributed by atoms with Gasteiger partial charge in [0.15, 0.2) is 17.5 Å². The van der Waals surface area contributed by atoms with Crippen LogP contribution in [-0.2, 0) is 0 Å². The molecule has 0 aliphatic heterocycles. The minimum absolute atomic E-state index is 0.128. The Morgan fingerprint density at radius 2 is 0.833 bits per heavy atom. The van der Waals surface area contributed by atoms with E-state index in [0.29, 0.717) is 39.7 Å². The molecule has 0 fully saturated rings. The van der Waals surface area contributed by atoms with Crippen molar-refractivity contribution in [1.82, 2.24) is 15.0 Å². The van der Waals surface area contributed by atoms with Gasteiger partial charge in [-0.2, -0.15) is 0 Å². The number of benzene rings is 8. The van der Waals surface area contributed by atoms with E-state index in [1.165, 1.54) is 0 Å². The average molecular weight is 618 g/mol. The van der Waals surface area contributed by atoms with Crippen LogP contribution in [0.3, 0.4) is 0 Å². The maximum Gasteiger partial charge on any atom is 0.164 e. The van der Waals surface area contributed by atoms with Crippen LogP contribution in [0.15, 0.2) is 176 Å². The minimum atomic E-state index is -0.404. The molecule has 0 amide bonds. The summed E-state index contributed by atoms with van der Waals surface area (Å²) >= 11 is 0. The van der Waals surface area contributed by atoms with Crippen LogP contribution in [0.4, 0.5) is 0 Å². The van der Waals surface area contributed by atoms with E-state index in [2.05, 4.69) is 36.4 Å². The summed E-state index contributed by atoms with van der Waals surface area (Å²) in [5.74, 6) is 1.37. The van der Waals surface area contributed by atoms with Crippen molar-refractivity contribution in [3.05, 3.63) is 176 Å². The smallest absolute Gasteiger partial charge is 0.164 e. The van der Waals surface area contributed by atoms with Crippen molar-refractivity contribution >= 4 is 32.3 Å². The van der Waals surface area contributed by atoms with Gasteiger partial charge in [-0.1, -0.05) is 164 Å². The highest BCUT2D eigenvalue weighted by atomic mass is 15.0. The van der Waals surface area contributed by atoms with E-state index < -0.39 is 12.1 Å². The normalized spacial score (nSPS) is 13.1. The molecule has 0 spiro atoms. The highest BCUT2D eigenvalue weighted by molar-refractivity contribution is 6.08. The molecule has 48 heavy (non-hydrogen) atoms. The summed E-state index contributed by atoms with van der Waals surface area (Å²) in [6.45, 7) is 0. The van der Waals surface area contributed by atoms with Crippen molar-refractivity contribution in [2.75, 3.05) is 0 Å². The van der Waals surface area contributed by atoms with Crippen molar-refractivity contribution in [3.63, 3.8) is 0 Å². The van der Waals surface area contributed by atoms with Gasteiger partial charge in [0.05, 0.1) is 8.22 Å². The summed E-state index contributed by atoms with van der Waals surface area (Å²) < 4.78 is 53.6. The fourth-order valence-electron chi connectivity index (χ4n) is 6.28. The second-order valence-electron chi connectivity index (χ2n) is 11.6. The van der Waals surface area contributed by atoms with E-state index in [-0.39, 0.29) is 40.5 Å². The van der Waals surface area contributed by atoms with Crippen LogP contribution in [-0.4, -0.2) is 15.0 Å². The molecule has 0 unspecified atom stereocenters. The zero-order valence-electron chi connectivity index (χ0n) is 31.6. The van der Waals surface area contributed by atoms with Gasteiger partial charge in [0.2, 0.25) is 0 Å². The first-order valence-corrected chi connectivity index (χ1v) is 15.7. The highest BCUT2D eigenvalue weighted by Gasteiger charge is 2.15. The van der Waals surface area contributed by atoms with Crippen LogP contribution in [0.25, 0.3) is 88.7 Å². The third-order valence-electron chi connectivity index (χ3n) is 8.64. The lowest BCUT2D eigenvalue weighted by molar-refractivity contribution is 1.07. The van der Waals surface area contributed by atoms with Gasteiger partial charge < -0.3 is 0 Å². The Labute approximate surface area is 287 Å². The molecule has 8 aromatic carbocycles. The third-order valence-corrected chi connectivity index (χ3v) is 8.64. The highest BCUT2D eigenvalue weighted by Crippen LogP contribution is 2.37. The van der Waals surface area contributed by atoms with E-state index in [9.17, 15) is 2.74 Å². The Kier molecular flexibility index (Phi) is 5.41. The molecule has 0 aliphatic rings. The standard InChI is InChI=1S/C45H29N3/c1-3-12-30(13-4-1)38-26-27-39(41-21-10-9-20-40(38)41)34-17-11-18-35(28-34)44-46-43(33-15-5-2-6-16-33)47-45(48-44)36-25-24-32-23-22-31-14-7-8-19-37(31)42(32)29-36/h1-29H/i9D,10D,20D,21D,26D,27D. The van der Waals surface area contributed by atoms with Gasteiger partial charge in [-0.3, -0.25) is 0 Å². The van der Waals surface area contributed by atoms with Gasteiger partial charge in [-0.25, -0.2) is 15.0 Å². The lowest BCUT2D eigenvalue weighted by Gasteiger charge is -2.13. The minimum Gasteiger partial charge on any atom is -0.208 e. The van der Waals surface area contributed by atoms with Crippen LogP contribution in [0.1, 0.15) is 8.22 Å². The third kappa shape index (κ3) is 4.99. The Balaban J connectivity index is 1.27. The SMILES string of the molecule is [2H]c1c([2H])c([2H])c2c(-c3cccc(-c4nc(-c5ccccc5)nc(-c5ccc6ccc7ccccc7c6c5)n4)c3)c([2H])c([2H])c(-c3ccccc3)c2c1[2H]. The Morgan fingerprint density at radius 1 is 0.333 bits per heavy atom. The molecule has 1 aromatic heterocycles. The van der Waals surface area contributed by atoms with Gasteiger partial charge in [0, 0.05) is 16.7 Å². The molecule has 9 aromatic rings. The summed E-state index contributed by atoms with van der Waals surface area (Å²) in [7, 11) is 0. The van der Waals surface area contributed by atoms with Crippen molar-refractivity contribution in [2.24, 2.45) is 0 Å². The van der Waals surface area contributed by atoms with Crippen molar-refractivity contribution in [3.8, 4) is 56.4 Å².